The number of nitrogens with one attached hydrogen (secondary N) is 1. The predicted molar refractivity (Wildman–Crippen MR) is 113 cm³/mol. The van der Waals surface area contributed by atoms with E-state index in [0.29, 0.717) is 28.4 Å². The number of hydrogen-bond donors (Lipinski definition) is 1. The fourth-order valence-corrected chi connectivity index (χ4v) is 3.65. The highest BCUT2D eigenvalue weighted by molar-refractivity contribution is 5.98. The summed E-state index contributed by atoms with van der Waals surface area (Å²) < 4.78 is 16.0. The first-order valence-electron chi connectivity index (χ1n) is 10.0. The molecule has 1 aliphatic heterocycles. The van der Waals surface area contributed by atoms with E-state index in [0.717, 1.165) is 31.5 Å². The number of amides is 2. The van der Waals surface area contributed by atoms with Gasteiger partial charge in [0.2, 0.25) is 5.75 Å². The molecule has 0 saturated carbocycles. The molecule has 0 unspecified atom stereocenters. The molecule has 30 heavy (non-hydrogen) atoms. The normalized spacial score (nSPS) is 13.5. The van der Waals surface area contributed by atoms with E-state index >= 15 is 0 Å². The average Bonchev–Trinajstić information content (AvgIpc) is 2.81. The third-order valence-corrected chi connectivity index (χ3v) is 5.22. The first-order chi connectivity index (χ1) is 14.6. The van der Waals surface area contributed by atoms with E-state index in [9.17, 15) is 9.59 Å². The molecule has 1 aliphatic rings. The second-order valence-corrected chi connectivity index (χ2v) is 7.12. The van der Waals surface area contributed by atoms with Gasteiger partial charge in [-0.1, -0.05) is 12.1 Å². The molecular formula is C23H28N2O5. The molecule has 3 rings (SSSR count). The van der Waals surface area contributed by atoms with E-state index in [4.69, 9.17) is 14.2 Å². The lowest BCUT2D eigenvalue weighted by molar-refractivity contribution is 0.0724. The fraction of sp³-hybridized carbons (Fsp3) is 0.391. The molecule has 0 spiro atoms. The number of piperidine rings is 1. The SMILES string of the molecule is COc1ccc(C(=O)NCc2cccc(C(=O)N3CCCCC3)c2)c(OC)c1OC. The highest BCUT2D eigenvalue weighted by Crippen LogP contribution is 2.39. The summed E-state index contributed by atoms with van der Waals surface area (Å²) in [5.41, 5.74) is 1.84. The zero-order valence-corrected chi connectivity index (χ0v) is 17.7. The van der Waals surface area contributed by atoms with Crippen molar-refractivity contribution in [3.05, 3.63) is 53.1 Å². The number of hydrogen-bond acceptors (Lipinski definition) is 5. The molecule has 1 fully saturated rings. The Morgan fingerprint density at radius 2 is 1.67 bits per heavy atom. The lowest BCUT2D eigenvalue weighted by Crippen LogP contribution is -2.35. The van der Waals surface area contributed by atoms with E-state index in [2.05, 4.69) is 5.32 Å². The van der Waals surface area contributed by atoms with Gasteiger partial charge >= 0.3 is 0 Å². The molecule has 0 radical (unpaired) electrons. The number of methoxy groups -OCH3 is 3. The highest BCUT2D eigenvalue weighted by Gasteiger charge is 2.21. The smallest absolute Gasteiger partial charge is 0.255 e. The highest BCUT2D eigenvalue weighted by atomic mass is 16.5. The maximum atomic E-state index is 12.8. The van der Waals surface area contributed by atoms with Gasteiger partial charge in [0, 0.05) is 25.2 Å². The molecule has 7 heteroatoms. The minimum atomic E-state index is -0.305. The van der Waals surface area contributed by atoms with Crippen LogP contribution in [-0.2, 0) is 6.54 Å². The van der Waals surface area contributed by atoms with Crippen LogP contribution in [0.2, 0.25) is 0 Å². The van der Waals surface area contributed by atoms with Crippen molar-refractivity contribution >= 4 is 11.8 Å². The van der Waals surface area contributed by atoms with E-state index < -0.39 is 0 Å². The Bertz CT molecular complexity index is 906. The van der Waals surface area contributed by atoms with E-state index in [-0.39, 0.29) is 18.4 Å². The van der Waals surface area contributed by atoms with Crippen molar-refractivity contribution in [2.75, 3.05) is 34.4 Å². The Morgan fingerprint density at radius 3 is 2.33 bits per heavy atom. The lowest BCUT2D eigenvalue weighted by atomic mass is 10.1. The molecule has 0 atom stereocenters. The van der Waals surface area contributed by atoms with Crippen molar-refractivity contribution in [2.45, 2.75) is 25.8 Å². The molecular weight excluding hydrogens is 384 g/mol. The lowest BCUT2D eigenvalue weighted by Gasteiger charge is -2.26. The van der Waals surface area contributed by atoms with Crippen LogP contribution in [0.1, 0.15) is 45.5 Å². The van der Waals surface area contributed by atoms with Crippen LogP contribution in [0.4, 0.5) is 0 Å². The molecule has 160 valence electrons. The monoisotopic (exact) mass is 412 g/mol. The molecule has 0 aliphatic carbocycles. The van der Waals surface area contributed by atoms with E-state index in [1.54, 1.807) is 12.1 Å². The molecule has 2 amide bonds. The zero-order chi connectivity index (χ0) is 21.5. The number of carbonyl (C=O) groups is 2. The summed E-state index contributed by atoms with van der Waals surface area (Å²) in [5.74, 6) is 0.893. The molecule has 1 heterocycles. The van der Waals surface area contributed by atoms with Crippen molar-refractivity contribution in [1.82, 2.24) is 10.2 Å². The summed E-state index contributed by atoms with van der Waals surface area (Å²) in [6.45, 7) is 1.90. The first kappa shape index (κ1) is 21.5. The van der Waals surface area contributed by atoms with Crippen LogP contribution in [-0.4, -0.2) is 51.1 Å². The summed E-state index contributed by atoms with van der Waals surface area (Å²) in [7, 11) is 4.49. The summed E-state index contributed by atoms with van der Waals surface area (Å²) in [6, 6.07) is 10.7. The molecule has 0 aromatic heterocycles. The Labute approximate surface area is 176 Å². The third kappa shape index (κ3) is 4.67. The number of rotatable bonds is 7. The van der Waals surface area contributed by atoms with Gasteiger partial charge in [0.1, 0.15) is 0 Å². The minimum absolute atomic E-state index is 0.0458. The van der Waals surface area contributed by atoms with E-state index in [1.165, 1.54) is 27.8 Å². The molecule has 7 nitrogen and oxygen atoms in total. The van der Waals surface area contributed by atoms with Crippen LogP contribution < -0.4 is 19.5 Å². The molecule has 2 aromatic carbocycles. The molecule has 2 aromatic rings. The van der Waals surface area contributed by atoms with Crippen molar-refractivity contribution in [3.63, 3.8) is 0 Å². The number of ether oxygens (including phenoxy) is 3. The maximum absolute atomic E-state index is 12.8. The second-order valence-electron chi connectivity index (χ2n) is 7.12. The number of nitrogens with zero attached hydrogens (tertiary/aromatic N) is 1. The summed E-state index contributed by atoms with van der Waals surface area (Å²) in [5, 5.41) is 2.88. The van der Waals surface area contributed by atoms with E-state index in [1.807, 2.05) is 29.2 Å². The quantitative estimate of drug-likeness (QED) is 0.755. The number of likely N-dealkylation sites (tertiary alicyclic amines) is 1. The minimum Gasteiger partial charge on any atom is -0.493 e. The summed E-state index contributed by atoms with van der Waals surface area (Å²) in [4.78, 5) is 27.4. The van der Waals surface area contributed by atoms with Crippen molar-refractivity contribution in [3.8, 4) is 17.2 Å². The maximum Gasteiger partial charge on any atom is 0.255 e. The van der Waals surface area contributed by atoms with Crippen LogP contribution in [0.15, 0.2) is 36.4 Å². The third-order valence-electron chi connectivity index (χ3n) is 5.22. The molecule has 1 N–H and O–H groups in total. The van der Waals surface area contributed by atoms with Crippen molar-refractivity contribution < 1.29 is 23.8 Å². The van der Waals surface area contributed by atoms with Crippen molar-refractivity contribution in [1.29, 1.82) is 0 Å². The Kier molecular flexibility index (Phi) is 7.17. The Balaban J connectivity index is 1.71. The molecule has 1 saturated heterocycles. The van der Waals surface area contributed by atoms with Crippen molar-refractivity contribution in [2.24, 2.45) is 0 Å². The van der Waals surface area contributed by atoms with Gasteiger partial charge in [-0.15, -0.1) is 0 Å². The van der Waals surface area contributed by atoms with Gasteiger partial charge in [0.15, 0.2) is 11.5 Å². The van der Waals surface area contributed by atoms with Gasteiger partial charge in [-0.3, -0.25) is 9.59 Å². The van der Waals surface area contributed by atoms with Crippen LogP contribution in [0, 0.1) is 0 Å². The van der Waals surface area contributed by atoms with Crippen LogP contribution in [0.3, 0.4) is 0 Å². The number of benzene rings is 2. The zero-order valence-electron chi connectivity index (χ0n) is 17.7. The predicted octanol–water partition coefficient (Wildman–Crippen LogP) is 3.27. The Hall–Kier alpha value is -3.22. The topological polar surface area (TPSA) is 77.1 Å². The van der Waals surface area contributed by atoms with Gasteiger partial charge in [0.05, 0.1) is 26.9 Å². The average molecular weight is 412 g/mol. The van der Waals surface area contributed by atoms with Crippen LogP contribution in [0.25, 0.3) is 0 Å². The summed E-state index contributed by atoms with van der Waals surface area (Å²) in [6.07, 6.45) is 3.28. The van der Waals surface area contributed by atoms with Gasteiger partial charge in [0.25, 0.3) is 11.8 Å². The van der Waals surface area contributed by atoms with Gasteiger partial charge < -0.3 is 24.4 Å². The Morgan fingerprint density at radius 1 is 0.933 bits per heavy atom. The summed E-state index contributed by atoms with van der Waals surface area (Å²) >= 11 is 0. The number of carbonyl (C=O) groups excluding carboxylic acids is 2. The van der Waals surface area contributed by atoms with Gasteiger partial charge in [-0.2, -0.15) is 0 Å². The molecule has 0 bridgehead atoms. The van der Waals surface area contributed by atoms with Gasteiger partial charge in [-0.05, 0) is 49.1 Å². The van der Waals surface area contributed by atoms with Crippen LogP contribution >= 0.6 is 0 Å². The standard InChI is InChI=1S/C23H28N2O5/c1-28-19-11-10-18(20(29-2)21(19)30-3)22(26)24-15-16-8-7-9-17(14-16)23(27)25-12-5-4-6-13-25/h7-11,14H,4-6,12-13,15H2,1-3H3,(H,24,26). The fourth-order valence-electron chi connectivity index (χ4n) is 3.65. The first-order valence-corrected chi connectivity index (χ1v) is 10.0. The second kappa shape index (κ2) is 10.0. The largest absolute Gasteiger partial charge is 0.493 e. The van der Waals surface area contributed by atoms with Crippen LogP contribution in [0.5, 0.6) is 17.2 Å². The van der Waals surface area contributed by atoms with Gasteiger partial charge in [-0.25, -0.2) is 0 Å².